The van der Waals surface area contributed by atoms with Crippen LogP contribution in [-0.4, -0.2) is 18.2 Å². The Labute approximate surface area is 118 Å². The molecule has 0 aliphatic rings. The van der Waals surface area contributed by atoms with E-state index in [0.717, 1.165) is 22.6 Å². The van der Waals surface area contributed by atoms with Gasteiger partial charge < -0.3 is 15.2 Å². The average molecular weight is 271 g/mol. The zero-order chi connectivity index (χ0) is 14.5. The van der Waals surface area contributed by atoms with Gasteiger partial charge in [0.05, 0.1) is 12.7 Å². The van der Waals surface area contributed by atoms with Gasteiger partial charge >= 0.3 is 5.97 Å². The number of methoxy groups -OCH3 is 1. The smallest absolute Gasteiger partial charge is 0.335 e. The van der Waals surface area contributed by atoms with Crippen LogP contribution in [0.5, 0.6) is 5.75 Å². The molecule has 20 heavy (non-hydrogen) atoms. The molecule has 0 radical (unpaired) electrons. The van der Waals surface area contributed by atoms with Crippen LogP contribution in [-0.2, 0) is 6.54 Å². The molecule has 2 aromatic rings. The van der Waals surface area contributed by atoms with E-state index in [1.165, 1.54) is 0 Å². The number of rotatable bonds is 5. The normalized spacial score (nSPS) is 10.1. The molecule has 0 fully saturated rings. The van der Waals surface area contributed by atoms with Gasteiger partial charge in [-0.1, -0.05) is 12.1 Å². The molecule has 0 aromatic heterocycles. The minimum absolute atomic E-state index is 0.333. The fraction of sp³-hybridized carbons (Fsp3) is 0.188. The molecule has 0 saturated heterocycles. The zero-order valence-corrected chi connectivity index (χ0v) is 11.5. The topological polar surface area (TPSA) is 58.6 Å². The third-order valence-electron chi connectivity index (χ3n) is 3.11. The Hall–Kier alpha value is -2.49. The number of ether oxygens (including phenoxy) is 1. The fourth-order valence-electron chi connectivity index (χ4n) is 1.96. The molecule has 0 unspecified atom stereocenters. The number of carboxylic acids is 1. The number of nitrogens with one attached hydrogen (secondary N) is 1. The summed E-state index contributed by atoms with van der Waals surface area (Å²) < 4.78 is 5.11. The Kier molecular flexibility index (Phi) is 4.25. The lowest BCUT2D eigenvalue weighted by molar-refractivity contribution is 0.0696. The molecular formula is C16H17NO3. The van der Waals surface area contributed by atoms with Crippen LogP contribution >= 0.6 is 0 Å². The summed E-state index contributed by atoms with van der Waals surface area (Å²) in [7, 11) is 1.64. The summed E-state index contributed by atoms with van der Waals surface area (Å²) in [5.41, 5.74) is 3.12. The second-order valence-electron chi connectivity index (χ2n) is 4.54. The standard InChI is InChI=1S/C16H17NO3/c1-11-9-13(5-8-15(11)16(18)19)17-10-12-3-6-14(20-2)7-4-12/h3-9,17H,10H2,1-2H3,(H,18,19). The summed E-state index contributed by atoms with van der Waals surface area (Å²) in [6, 6.07) is 13.0. The van der Waals surface area contributed by atoms with Crippen molar-refractivity contribution in [2.45, 2.75) is 13.5 Å². The van der Waals surface area contributed by atoms with E-state index in [-0.39, 0.29) is 0 Å². The van der Waals surface area contributed by atoms with Gasteiger partial charge in [-0.25, -0.2) is 4.79 Å². The third kappa shape index (κ3) is 3.29. The van der Waals surface area contributed by atoms with Crippen LogP contribution in [0, 0.1) is 6.92 Å². The molecule has 2 rings (SSSR count). The molecule has 0 amide bonds. The van der Waals surface area contributed by atoms with Crippen LogP contribution in [0.1, 0.15) is 21.5 Å². The quantitative estimate of drug-likeness (QED) is 0.876. The first-order valence-electron chi connectivity index (χ1n) is 6.31. The first-order valence-corrected chi connectivity index (χ1v) is 6.31. The molecule has 2 N–H and O–H groups in total. The maximum Gasteiger partial charge on any atom is 0.335 e. The Morgan fingerprint density at radius 2 is 1.90 bits per heavy atom. The van der Waals surface area contributed by atoms with E-state index in [1.54, 1.807) is 26.2 Å². The zero-order valence-electron chi connectivity index (χ0n) is 11.5. The number of hydrogen-bond donors (Lipinski definition) is 2. The second kappa shape index (κ2) is 6.10. The number of anilines is 1. The molecule has 0 atom stereocenters. The third-order valence-corrected chi connectivity index (χ3v) is 3.11. The van der Waals surface area contributed by atoms with Crippen LogP contribution in [0.15, 0.2) is 42.5 Å². The summed E-state index contributed by atoms with van der Waals surface area (Å²) in [5, 5.41) is 12.3. The Morgan fingerprint density at radius 1 is 1.20 bits per heavy atom. The van der Waals surface area contributed by atoms with Crippen molar-refractivity contribution in [2.24, 2.45) is 0 Å². The monoisotopic (exact) mass is 271 g/mol. The molecule has 0 aliphatic carbocycles. The van der Waals surface area contributed by atoms with E-state index < -0.39 is 5.97 Å². The van der Waals surface area contributed by atoms with Gasteiger partial charge in [0.1, 0.15) is 5.75 Å². The van der Waals surface area contributed by atoms with Gasteiger partial charge in [-0.3, -0.25) is 0 Å². The van der Waals surface area contributed by atoms with Crippen LogP contribution in [0.3, 0.4) is 0 Å². The van der Waals surface area contributed by atoms with E-state index >= 15 is 0 Å². The van der Waals surface area contributed by atoms with Gasteiger partial charge in [0, 0.05) is 12.2 Å². The number of hydrogen-bond acceptors (Lipinski definition) is 3. The molecular weight excluding hydrogens is 254 g/mol. The highest BCUT2D eigenvalue weighted by Gasteiger charge is 2.06. The molecule has 4 heteroatoms. The van der Waals surface area contributed by atoms with E-state index in [9.17, 15) is 4.79 Å². The second-order valence-corrected chi connectivity index (χ2v) is 4.54. The Bertz CT molecular complexity index is 606. The summed E-state index contributed by atoms with van der Waals surface area (Å²) in [4.78, 5) is 10.9. The van der Waals surface area contributed by atoms with Crippen LogP contribution in [0.25, 0.3) is 0 Å². The van der Waals surface area contributed by atoms with Gasteiger partial charge in [-0.2, -0.15) is 0 Å². The van der Waals surface area contributed by atoms with Crippen molar-refractivity contribution < 1.29 is 14.6 Å². The average Bonchev–Trinajstić information content (AvgIpc) is 2.45. The van der Waals surface area contributed by atoms with Crippen LogP contribution < -0.4 is 10.1 Å². The maximum atomic E-state index is 10.9. The molecule has 0 aliphatic heterocycles. The van der Waals surface area contributed by atoms with E-state index in [4.69, 9.17) is 9.84 Å². The van der Waals surface area contributed by atoms with Crippen molar-refractivity contribution in [3.05, 3.63) is 59.2 Å². The molecule has 0 spiro atoms. The van der Waals surface area contributed by atoms with Crippen molar-refractivity contribution in [1.82, 2.24) is 0 Å². The fourth-order valence-corrected chi connectivity index (χ4v) is 1.96. The lowest BCUT2D eigenvalue weighted by Crippen LogP contribution is -2.03. The molecule has 104 valence electrons. The number of aromatic carboxylic acids is 1. The Balaban J connectivity index is 2.03. The lowest BCUT2D eigenvalue weighted by atomic mass is 10.1. The van der Waals surface area contributed by atoms with Gasteiger partial charge in [0.2, 0.25) is 0 Å². The van der Waals surface area contributed by atoms with Crippen LogP contribution in [0.2, 0.25) is 0 Å². The molecule has 0 saturated carbocycles. The predicted octanol–water partition coefficient (Wildman–Crippen LogP) is 3.31. The molecule has 0 heterocycles. The van der Waals surface area contributed by atoms with Gasteiger partial charge in [0.25, 0.3) is 0 Å². The summed E-state index contributed by atoms with van der Waals surface area (Å²) in [6.45, 7) is 2.47. The van der Waals surface area contributed by atoms with Crippen molar-refractivity contribution in [3.8, 4) is 5.75 Å². The SMILES string of the molecule is COc1ccc(CNc2ccc(C(=O)O)c(C)c2)cc1. The molecule has 0 bridgehead atoms. The highest BCUT2D eigenvalue weighted by atomic mass is 16.5. The highest BCUT2D eigenvalue weighted by molar-refractivity contribution is 5.89. The number of aryl methyl sites for hydroxylation is 1. The van der Waals surface area contributed by atoms with E-state index in [1.807, 2.05) is 30.3 Å². The van der Waals surface area contributed by atoms with Gasteiger partial charge in [0.15, 0.2) is 0 Å². The van der Waals surface area contributed by atoms with Crippen LogP contribution in [0.4, 0.5) is 5.69 Å². The van der Waals surface area contributed by atoms with E-state index in [0.29, 0.717) is 12.1 Å². The minimum Gasteiger partial charge on any atom is -0.497 e. The van der Waals surface area contributed by atoms with E-state index in [2.05, 4.69) is 5.32 Å². The van der Waals surface area contributed by atoms with Crippen molar-refractivity contribution in [1.29, 1.82) is 0 Å². The first kappa shape index (κ1) is 13.9. The highest BCUT2D eigenvalue weighted by Crippen LogP contribution is 2.17. The lowest BCUT2D eigenvalue weighted by Gasteiger charge is -2.09. The summed E-state index contributed by atoms with van der Waals surface area (Å²) >= 11 is 0. The number of carboxylic acid groups (broad SMARTS) is 1. The molecule has 2 aromatic carbocycles. The molecule has 4 nitrogen and oxygen atoms in total. The summed E-state index contributed by atoms with van der Waals surface area (Å²) in [5.74, 6) is -0.0698. The van der Waals surface area contributed by atoms with Crippen molar-refractivity contribution in [3.63, 3.8) is 0 Å². The summed E-state index contributed by atoms with van der Waals surface area (Å²) in [6.07, 6.45) is 0. The van der Waals surface area contributed by atoms with Crippen molar-refractivity contribution in [2.75, 3.05) is 12.4 Å². The maximum absolute atomic E-state index is 10.9. The van der Waals surface area contributed by atoms with Gasteiger partial charge in [-0.05, 0) is 48.4 Å². The van der Waals surface area contributed by atoms with Gasteiger partial charge in [-0.15, -0.1) is 0 Å². The number of benzene rings is 2. The first-order chi connectivity index (χ1) is 9.60. The number of carbonyl (C=O) groups is 1. The Morgan fingerprint density at radius 3 is 2.45 bits per heavy atom. The van der Waals surface area contributed by atoms with Crippen molar-refractivity contribution >= 4 is 11.7 Å². The largest absolute Gasteiger partial charge is 0.497 e. The minimum atomic E-state index is -0.899. The predicted molar refractivity (Wildman–Crippen MR) is 78.5 cm³/mol.